The van der Waals surface area contributed by atoms with E-state index in [-0.39, 0.29) is 0 Å². The molecule has 2 heteroatoms. The third kappa shape index (κ3) is 3.64. The van der Waals surface area contributed by atoms with Gasteiger partial charge in [-0.2, -0.15) is 0 Å². The Balaban J connectivity index is 4.90. The molecule has 0 aliphatic rings. The van der Waals surface area contributed by atoms with Crippen LogP contribution in [0.25, 0.3) is 0 Å². The van der Waals surface area contributed by atoms with Crippen molar-refractivity contribution < 1.29 is 0 Å². The zero-order valence-electron chi connectivity index (χ0n) is 8.02. The third-order valence-corrected chi connectivity index (χ3v) is 1.69. The monoisotopic (exact) mass is 181 g/mol. The van der Waals surface area contributed by atoms with Gasteiger partial charge in [-0.05, 0) is 31.7 Å². The topological polar surface area (TPSA) is 12.4 Å². The lowest BCUT2D eigenvalue weighted by Gasteiger charge is -2.03. The summed E-state index contributed by atoms with van der Waals surface area (Å²) in [4.78, 5) is 4.25. The van der Waals surface area contributed by atoms with Crippen molar-refractivity contribution in [3.63, 3.8) is 0 Å². The molecule has 1 unspecified atom stereocenters. The van der Waals surface area contributed by atoms with E-state index < -0.39 is 0 Å². The van der Waals surface area contributed by atoms with E-state index >= 15 is 0 Å². The molecule has 0 radical (unpaired) electrons. The largest absolute Gasteiger partial charge is 0.258 e. The van der Waals surface area contributed by atoms with Crippen LogP contribution in [0.15, 0.2) is 40.8 Å². The van der Waals surface area contributed by atoms with E-state index in [1.54, 1.807) is 0 Å². The third-order valence-electron chi connectivity index (χ3n) is 1.38. The fraction of sp³-hybridized carbons (Fsp3) is 0.300. The van der Waals surface area contributed by atoms with Crippen LogP contribution in [0.5, 0.6) is 0 Å². The predicted octanol–water partition coefficient (Wildman–Crippen LogP) is 3.32. The van der Waals surface area contributed by atoms with E-state index in [1.165, 1.54) is 0 Å². The maximum absolute atomic E-state index is 4.25. The fourth-order valence-electron chi connectivity index (χ4n) is 0.941. The van der Waals surface area contributed by atoms with Gasteiger partial charge in [0.15, 0.2) is 0 Å². The minimum Gasteiger partial charge on any atom is -0.258 e. The van der Waals surface area contributed by atoms with Crippen molar-refractivity contribution in [1.29, 1.82) is 0 Å². The Morgan fingerprint density at radius 1 is 1.33 bits per heavy atom. The fourth-order valence-corrected chi connectivity index (χ4v) is 1.27. The highest BCUT2D eigenvalue weighted by Gasteiger charge is 1.98. The van der Waals surface area contributed by atoms with Crippen molar-refractivity contribution in [3.8, 4) is 0 Å². The van der Waals surface area contributed by atoms with Gasteiger partial charge in [0.2, 0.25) is 0 Å². The number of aliphatic imine (C=N–C) groups is 1. The van der Waals surface area contributed by atoms with Crippen molar-refractivity contribution in [2.75, 3.05) is 0 Å². The van der Waals surface area contributed by atoms with Crippen LogP contribution in [-0.4, -0.2) is 5.71 Å². The van der Waals surface area contributed by atoms with Crippen LogP contribution in [0.2, 0.25) is 0 Å². The second kappa shape index (κ2) is 5.05. The summed E-state index contributed by atoms with van der Waals surface area (Å²) < 4.78 is 0. The van der Waals surface area contributed by atoms with E-state index in [4.69, 9.17) is 0 Å². The highest BCUT2D eigenvalue weighted by Crippen LogP contribution is 2.14. The molecule has 1 nitrogen and oxygen atoms in total. The van der Waals surface area contributed by atoms with E-state index in [0.29, 0.717) is 0 Å². The average molecular weight is 181 g/mol. The van der Waals surface area contributed by atoms with Gasteiger partial charge in [0.05, 0.1) is 0 Å². The van der Waals surface area contributed by atoms with Gasteiger partial charge < -0.3 is 0 Å². The molecule has 0 saturated carbocycles. The lowest BCUT2D eigenvalue weighted by Crippen LogP contribution is -1.95. The molecule has 0 amide bonds. The Morgan fingerprint density at radius 3 is 2.08 bits per heavy atom. The summed E-state index contributed by atoms with van der Waals surface area (Å²) in [6.07, 6.45) is 1.81. The summed E-state index contributed by atoms with van der Waals surface area (Å²) in [5.41, 5.74) is 2.85. The molecule has 12 heavy (non-hydrogen) atoms. The molecule has 0 aromatic rings. The summed E-state index contributed by atoms with van der Waals surface area (Å²) in [6.45, 7) is 13.3. The van der Waals surface area contributed by atoms with Crippen LogP contribution in [0.3, 0.4) is 0 Å². The summed E-state index contributed by atoms with van der Waals surface area (Å²) >= 11 is 0. The van der Waals surface area contributed by atoms with Crippen LogP contribution in [-0.2, 0) is 0 Å². The molecule has 66 valence electrons. The maximum atomic E-state index is 4.25. The van der Waals surface area contributed by atoms with Crippen molar-refractivity contribution >= 4 is 15.0 Å². The molecule has 0 aliphatic heterocycles. The predicted molar refractivity (Wildman–Crippen MR) is 60.5 cm³/mol. The van der Waals surface area contributed by atoms with Crippen molar-refractivity contribution in [3.05, 3.63) is 35.8 Å². The van der Waals surface area contributed by atoms with Gasteiger partial charge >= 0.3 is 0 Å². The van der Waals surface area contributed by atoms with Gasteiger partial charge in [0.25, 0.3) is 0 Å². The second-order valence-corrected chi connectivity index (χ2v) is 3.60. The number of nitrogens with zero attached hydrogens (tertiary/aromatic N) is 1. The quantitative estimate of drug-likeness (QED) is 0.360. The highest BCUT2D eigenvalue weighted by atomic mass is 31.0. The first kappa shape index (κ1) is 11.3. The zero-order chi connectivity index (χ0) is 9.72. The van der Waals surface area contributed by atoms with E-state index in [1.807, 2.05) is 26.8 Å². The lowest BCUT2D eigenvalue weighted by atomic mass is 10.1. The highest BCUT2D eigenvalue weighted by molar-refractivity contribution is 7.22. The molecule has 1 atom stereocenters. The molecule has 0 saturated heterocycles. The first-order valence-corrected chi connectivity index (χ1v) is 4.36. The van der Waals surface area contributed by atoms with Gasteiger partial charge in [-0.3, -0.25) is 4.99 Å². The average Bonchev–Trinajstić information content (AvgIpc) is 1.85. The Kier molecular flexibility index (Phi) is 4.77. The molecule has 0 aliphatic carbocycles. The van der Waals surface area contributed by atoms with Gasteiger partial charge in [0.1, 0.15) is 0 Å². The Hall–Kier alpha value is -0.680. The van der Waals surface area contributed by atoms with E-state index in [2.05, 4.69) is 27.4 Å². The molecule has 0 fully saturated rings. The van der Waals surface area contributed by atoms with E-state index in [9.17, 15) is 0 Å². The first-order chi connectivity index (χ1) is 5.49. The van der Waals surface area contributed by atoms with Crippen molar-refractivity contribution in [2.45, 2.75) is 20.8 Å². The molecule has 0 N–H and O–H groups in total. The molecule has 0 aromatic carbocycles. The number of hydrogen-bond donors (Lipinski definition) is 0. The summed E-state index contributed by atoms with van der Waals surface area (Å²) in [5.74, 6) is 0. The van der Waals surface area contributed by atoms with Gasteiger partial charge in [-0.25, -0.2) is 0 Å². The molecule has 0 heterocycles. The van der Waals surface area contributed by atoms with Gasteiger partial charge in [-0.15, -0.1) is 9.24 Å². The Morgan fingerprint density at radius 2 is 1.83 bits per heavy atom. The normalized spacial score (nSPS) is 13.8. The standard InChI is InChI=1S/C10H16NP/c1-6-10(9(5)12)8(4)11-7(2)3/h6H,1-2,12H2,3-5H3. The van der Waals surface area contributed by atoms with Crippen LogP contribution in [0.4, 0.5) is 0 Å². The number of allylic oxidation sites excluding steroid dienone is 4. The second-order valence-electron chi connectivity index (χ2n) is 2.73. The van der Waals surface area contributed by atoms with Gasteiger partial charge in [-0.1, -0.05) is 19.2 Å². The van der Waals surface area contributed by atoms with Crippen LogP contribution >= 0.6 is 9.24 Å². The number of rotatable bonds is 3. The van der Waals surface area contributed by atoms with Crippen LogP contribution in [0, 0.1) is 0 Å². The van der Waals surface area contributed by atoms with Crippen molar-refractivity contribution in [2.24, 2.45) is 4.99 Å². The smallest absolute Gasteiger partial charge is 0.0450 e. The molecule has 0 spiro atoms. The molecular formula is C10H16NP. The Bertz CT molecular complexity index is 255. The number of hydrogen-bond acceptors (Lipinski definition) is 1. The minimum atomic E-state index is 0.818. The van der Waals surface area contributed by atoms with Crippen LogP contribution < -0.4 is 0 Å². The maximum Gasteiger partial charge on any atom is 0.0450 e. The van der Waals surface area contributed by atoms with E-state index in [0.717, 1.165) is 22.3 Å². The van der Waals surface area contributed by atoms with Gasteiger partial charge in [0, 0.05) is 11.4 Å². The summed E-state index contributed by atoms with van der Waals surface area (Å²) in [5, 5.41) is 1.15. The summed E-state index contributed by atoms with van der Waals surface area (Å²) in [7, 11) is 2.65. The lowest BCUT2D eigenvalue weighted by molar-refractivity contribution is 1.31. The van der Waals surface area contributed by atoms with Crippen LogP contribution in [0.1, 0.15) is 20.8 Å². The summed E-state index contributed by atoms with van der Waals surface area (Å²) in [6, 6.07) is 0. The molecule has 0 rings (SSSR count). The molecular weight excluding hydrogens is 165 g/mol. The SMILES string of the molecule is C=CC(C(C)=NC(=C)C)=C(C)P. The first-order valence-electron chi connectivity index (χ1n) is 3.79. The molecule has 0 aromatic heterocycles. The zero-order valence-corrected chi connectivity index (χ0v) is 9.17. The minimum absolute atomic E-state index is 0.818. The Labute approximate surface area is 77.2 Å². The van der Waals surface area contributed by atoms with Crippen molar-refractivity contribution in [1.82, 2.24) is 0 Å². The molecule has 0 bridgehead atoms.